The van der Waals surface area contributed by atoms with E-state index < -0.39 is 0 Å². The third-order valence-corrected chi connectivity index (χ3v) is 4.40. The summed E-state index contributed by atoms with van der Waals surface area (Å²) in [5.74, 6) is 0.634. The van der Waals surface area contributed by atoms with Gasteiger partial charge in [-0.2, -0.15) is 0 Å². The van der Waals surface area contributed by atoms with Gasteiger partial charge in [-0.3, -0.25) is 4.79 Å². The SMILES string of the molecule is COc1ccc(C(=O)c2c(O)cc3ccccc3c2NC(C)(C)C)cc1OC. The summed E-state index contributed by atoms with van der Waals surface area (Å²) in [5.41, 5.74) is 0.951. The fourth-order valence-electron chi connectivity index (χ4n) is 3.19. The van der Waals surface area contributed by atoms with Crippen molar-refractivity contribution < 1.29 is 19.4 Å². The number of phenolic OH excluding ortho intramolecular Hbond substituents is 1. The summed E-state index contributed by atoms with van der Waals surface area (Å²) >= 11 is 0. The Morgan fingerprint density at radius 2 is 1.64 bits per heavy atom. The Bertz CT molecular complexity index is 1030. The van der Waals surface area contributed by atoms with Gasteiger partial charge in [-0.1, -0.05) is 24.3 Å². The van der Waals surface area contributed by atoms with E-state index in [2.05, 4.69) is 5.32 Å². The lowest BCUT2D eigenvalue weighted by Crippen LogP contribution is -2.27. The molecule has 146 valence electrons. The fourth-order valence-corrected chi connectivity index (χ4v) is 3.19. The lowest BCUT2D eigenvalue weighted by molar-refractivity contribution is 0.103. The second-order valence-corrected chi connectivity index (χ2v) is 7.64. The van der Waals surface area contributed by atoms with Crippen molar-refractivity contribution >= 4 is 22.2 Å². The van der Waals surface area contributed by atoms with Crippen molar-refractivity contribution in [2.75, 3.05) is 19.5 Å². The molecule has 0 spiro atoms. The molecule has 0 radical (unpaired) electrons. The van der Waals surface area contributed by atoms with Crippen molar-refractivity contribution in [1.82, 2.24) is 0 Å². The summed E-state index contributed by atoms with van der Waals surface area (Å²) in [5, 5.41) is 15.9. The molecule has 3 aromatic carbocycles. The first-order valence-corrected chi connectivity index (χ1v) is 9.05. The van der Waals surface area contributed by atoms with Crippen LogP contribution in [0.5, 0.6) is 17.2 Å². The summed E-state index contributed by atoms with van der Waals surface area (Å²) in [4.78, 5) is 13.4. The Balaban J connectivity index is 2.23. The molecule has 28 heavy (non-hydrogen) atoms. The first-order chi connectivity index (χ1) is 13.2. The van der Waals surface area contributed by atoms with Crippen molar-refractivity contribution in [2.24, 2.45) is 0 Å². The lowest BCUT2D eigenvalue weighted by atomic mass is 9.94. The van der Waals surface area contributed by atoms with E-state index in [0.717, 1.165) is 10.8 Å². The van der Waals surface area contributed by atoms with Crippen LogP contribution in [-0.2, 0) is 0 Å². The monoisotopic (exact) mass is 379 g/mol. The number of ketones is 1. The molecule has 0 heterocycles. The van der Waals surface area contributed by atoms with E-state index in [0.29, 0.717) is 22.7 Å². The maximum absolute atomic E-state index is 13.4. The first kappa shape index (κ1) is 19.5. The van der Waals surface area contributed by atoms with Crippen LogP contribution in [0.25, 0.3) is 10.8 Å². The van der Waals surface area contributed by atoms with Crippen molar-refractivity contribution in [3.05, 3.63) is 59.7 Å². The minimum Gasteiger partial charge on any atom is -0.507 e. The number of hydrogen-bond donors (Lipinski definition) is 2. The number of nitrogens with one attached hydrogen (secondary N) is 1. The molecule has 0 amide bonds. The third kappa shape index (κ3) is 3.74. The van der Waals surface area contributed by atoms with Gasteiger partial charge in [0, 0.05) is 16.5 Å². The highest BCUT2D eigenvalue weighted by Gasteiger charge is 2.24. The molecule has 0 aliphatic heterocycles. The summed E-state index contributed by atoms with van der Waals surface area (Å²) in [7, 11) is 3.06. The average molecular weight is 379 g/mol. The molecular formula is C23H25NO4. The van der Waals surface area contributed by atoms with E-state index in [-0.39, 0.29) is 22.6 Å². The fraction of sp³-hybridized carbons (Fsp3) is 0.261. The van der Waals surface area contributed by atoms with Crippen molar-refractivity contribution in [2.45, 2.75) is 26.3 Å². The third-order valence-electron chi connectivity index (χ3n) is 4.40. The average Bonchev–Trinajstić information content (AvgIpc) is 2.65. The molecular weight excluding hydrogens is 354 g/mol. The zero-order valence-electron chi connectivity index (χ0n) is 16.8. The number of ether oxygens (including phenoxy) is 2. The van der Waals surface area contributed by atoms with Crippen molar-refractivity contribution in [3.8, 4) is 17.2 Å². The highest BCUT2D eigenvalue weighted by Crippen LogP contribution is 2.38. The van der Waals surface area contributed by atoms with Gasteiger partial charge in [0.15, 0.2) is 17.3 Å². The number of carbonyl (C=O) groups is 1. The van der Waals surface area contributed by atoms with Gasteiger partial charge < -0.3 is 19.9 Å². The number of phenols is 1. The van der Waals surface area contributed by atoms with Gasteiger partial charge >= 0.3 is 0 Å². The Morgan fingerprint density at radius 3 is 2.29 bits per heavy atom. The van der Waals surface area contributed by atoms with Crippen LogP contribution in [0, 0.1) is 0 Å². The Kier molecular flexibility index (Phi) is 5.18. The smallest absolute Gasteiger partial charge is 0.199 e. The molecule has 0 fully saturated rings. The van der Waals surface area contributed by atoms with E-state index >= 15 is 0 Å². The molecule has 5 heteroatoms. The van der Waals surface area contributed by atoms with Crippen LogP contribution in [0.15, 0.2) is 48.5 Å². The van der Waals surface area contributed by atoms with Gasteiger partial charge in [0.2, 0.25) is 0 Å². The van der Waals surface area contributed by atoms with Gasteiger partial charge in [-0.05, 0) is 50.4 Å². The summed E-state index contributed by atoms with van der Waals surface area (Å²) < 4.78 is 10.6. The topological polar surface area (TPSA) is 67.8 Å². The predicted octanol–water partition coefficient (Wildman–Crippen LogP) is 5.00. The van der Waals surface area contributed by atoms with E-state index in [1.54, 1.807) is 31.4 Å². The number of anilines is 1. The van der Waals surface area contributed by atoms with E-state index in [1.165, 1.54) is 7.11 Å². The zero-order chi connectivity index (χ0) is 20.5. The van der Waals surface area contributed by atoms with Crippen LogP contribution >= 0.6 is 0 Å². The Labute approximate surface area is 164 Å². The van der Waals surface area contributed by atoms with E-state index in [4.69, 9.17) is 9.47 Å². The Morgan fingerprint density at radius 1 is 0.964 bits per heavy atom. The molecule has 2 N–H and O–H groups in total. The number of benzene rings is 3. The molecule has 0 aliphatic rings. The quantitative estimate of drug-likeness (QED) is 0.610. The molecule has 3 rings (SSSR count). The summed E-state index contributed by atoms with van der Waals surface area (Å²) in [6.07, 6.45) is 0. The maximum Gasteiger partial charge on any atom is 0.199 e. The molecule has 3 aromatic rings. The van der Waals surface area contributed by atoms with Crippen molar-refractivity contribution in [1.29, 1.82) is 0 Å². The van der Waals surface area contributed by atoms with Gasteiger partial charge in [0.05, 0.1) is 25.5 Å². The summed E-state index contributed by atoms with van der Waals surface area (Å²) in [6, 6.07) is 14.3. The zero-order valence-corrected chi connectivity index (χ0v) is 16.8. The first-order valence-electron chi connectivity index (χ1n) is 9.05. The Hall–Kier alpha value is -3.21. The molecule has 5 nitrogen and oxygen atoms in total. The number of methoxy groups -OCH3 is 2. The van der Waals surface area contributed by atoms with Crippen LogP contribution in [0.4, 0.5) is 5.69 Å². The minimum atomic E-state index is -0.302. The van der Waals surface area contributed by atoms with Gasteiger partial charge in [-0.15, -0.1) is 0 Å². The van der Waals surface area contributed by atoms with Gasteiger partial charge in [0.1, 0.15) is 5.75 Å². The number of fused-ring (bicyclic) bond motifs is 1. The molecule has 0 bridgehead atoms. The second kappa shape index (κ2) is 7.43. The number of carbonyl (C=O) groups excluding carboxylic acids is 1. The van der Waals surface area contributed by atoms with Crippen LogP contribution in [-0.4, -0.2) is 30.6 Å². The molecule has 0 aromatic heterocycles. The van der Waals surface area contributed by atoms with E-state index in [9.17, 15) is 9.90 Å². The van der Waals surface area contributed by atoms with Gasteiger partial charge in [-0.25, -0.2) is 0 Å². The van der Waals surface area contributed by atoms with Crippen molar-refractivity contribution in [3.63, 3.8) is 0 Å². The molecule has 0 unspecified atom stereocenters. The number of rotatable bonds is 5. The van der Waals surface area contributed by atoms with Crippen LogP contribution < -0.4 is 14.8 Å². The lowest BCUT2D eigenvalue weighted by Gasteiger charge is -2.26. The van der Waals surface area contributed by atoms with Gasteiger partial charge in [0.25, 0.3) is 0 Å². The van der Waals surface area contributed by atoms with E-state index in [1.807, 2.05) is 45.0 Å². The van der Waals surface area contributed by atoms with Crippen LogP contribution in [0.1, 0.15) is 36.7 Å². The highest BCUT2D eigenvalue weighted by molar-refractivity contribution is 6.18. The minimum absolute atomic E-state index is 0.0646. The summed E-state index contributed by atoms with van der Waals surface area (Å²) in [6.45, 7) is 6.03. The van der Waals surface area contributed by atoms with Crippen LogP contribution in [0.3, 0.4) is 0 Å². The standard InChI is InChI=1S/C23H25NO4/c1-23(2,3)24-21-16-9-7-6-8-14(16)12-17(25)20(21)22(26)15-10-11-18(27-4)19(13-15)28-5/h6-13,24-25H,1-5H3. The van der Waals surface area contributed by atoms with Crippen LogP contribution in [0.2, 0.25) is 0 Å². The number of aromatic hydroxyl groups is 1. The maximum atomic E-state index is 13.4. The molecule has 0 atom stereocenters. The molecule has 0 aliphatic carbocycles. The normalized spacial score (nSPS) is 11.3. The largest absolute Gasteiger partial charge is 0.507 e. The number of hydrogen-bond acceptors (Lipinski definition) is 5. The predicted molar refractivity (Wildman–Crippen MR) is 112 cm³/mol. The molecule has 0 saturated carbocycles. The molecule has 0 saturated heterocycles. The second-order valence-electron chi connectivity index (χ2n) is 7.64. The highest BCUT2D eigenvalue weighted by atomic mass is 16.5.